The molecular weight excluding hydrogens is 342 g/mol. The maximum Gasteiger partial charge on any atom is 0.121 e. The first-order valence-electron chi connectivity index (χ1n) is 8.59. The van der Waals surface area contributed by atoms with Gasteiger partial charge in [-0.15, -0.1) is 0 Å². The van der Waals surface area contributed by atoms with Gasteiger partial charge in [0.25, 0.3) is 0 Å². The Morgan fingerprint density at radius 2 is 1.62 bits per heavy atom. The third-order valence-corrected chi connectivity index (χ3v) is 6.13. The predicted octanol–water partition coefficient (Wildman–Crippen LogP) is 4.34. The summed E-state index contributed by atoms with van der Waals surface area (Å²) in [6, 6.07) is 18.7. The highest BCUT2D eigenvalue weighted by Gasteiger charge is 2.19. The molecule has 2 rings (SSSR count). The highest BCUT2D eigenvalue weighted by Crippen LogP contribution is 2.21. The minimum Gasteiger partial charge on any atom is -0.380 e. The van der Waals surface area contributed by atoms with Crippen LogP contribution in [0.1, 0.15) is 19.4 Å². The monoisotopic (exact) mass is 367 g/mol. The van der Waals surface area contributed by atoms with E-state index in [0.717, 1.165) is 5.56 Å². The molecule has 1 N–H and O–H groups in total. The maximum absolute atomic E-state index is 13.1. The Morgan fingerprint density at radius 3 is 2.15 bits per heavy atom. The highest BCUT2D eigenvalue weighted by molar-refractivity contribution is 7.96. The van der Waals surface area contributed by atoms with E-state index in [-0.39, 0.29) is 11.8 Å². The Morgan fingerprint density at radius 1 is 1.04 bits per heavy atom. The topological polar surface area (TPSA) is 49.7 Å². The number of aliphatic hydroxyl groups excluding tert-OH is 1. The molecular formula is C22H25NO2S. The number of aliphatic hydroxyl groups is 1. The molecule has 3 atom stereocenters. The minimum atomic E-state index is -2.65. The van der Waals surface area contributed by atoms with E-state index in [0.29, 0.717) is 4.90 Å². The molecule has 0 aliphatic heterocycles. The van der Waals surface area contributed by atoms with Crippen LogP contribution in [0, 0.1) is 23.7 Å². The van der Waals surface area contributed by atoms with Crippen molar-refractivity contribution in [3.63, 3.8) is 0 Å². The molecule has 0 aliphatic carbocycles. The lowest BCUT2D eigenvalue weighted by atomic mass is 9.90. The van der Waals surface area contributed by atoms with Gasteiger partial charge in [-0.3, -0.25) is 0 Å². The van der Waals surface area contributed by atoms with Crippen LogP contribution in [0.3, 0.4) is 0 Å². The van der Waals surface area contributed by atoms with E-state index < -0.39 is 15.8 Å². The van der Waals surface area contributed by atoms with E-state index in [4.69, 9.17) is 0 Å². The van der Waals surface area contributed by atoms with Crippen molar-refractivity contribution in [2.24, 2.45) is 16.2 Å². The molecule has 0 bridgehead atoms. The van der Waals surface area contributed by atoms with E-state index in [9.17, 15) is 9.32 Å². The van der Waals surface area contributed by atoms with Crippen LogP contribution in [0.25, 0.3) is 0 Å². The second-order valence-corrected chi connectivity index (χ2v) is 8.54. The van der Waals surface area contributed by atoms with Gasteiger partial charge in [-0.2, -0.15) is 0 Å². The molecule has 3 nitrogen and oxygen atoms in total. The second kappa shape index (κ2) is 9.38. The van der Waals surface area contributed by atoms with Crippen molar-refractivity contribution in [1.82, 2.24) is 0 Å². The predicted molar refractivity (Wildman–Crippen MR) is 108 cm³/mol. The van der Waals surface area contributed by atoms with Gasteiger partial charge in [0.1, 0.15) is 6.10 Å². The van der Waals surface area contributed by atoms with Crippen molar-refractivity contribution in [1.29, 1.82) is 0 Å². The first-order valence-corrected chi connectivity index (χ1v) is 10.2. The molecule has 26 heavy (non-hydrogen) atoms. The van der Waals surface area contributed by atoms with Crippen molar-refractivity contribution in [3.05, 3.63) is 77.7 Å². The number of rotatable bonds is 5. The minimum absolute atomic E-state index is 0.141. The smallest absolute Gasteiger partial charge is 0.121 e. The molecule has 1 unspecified atom stereocenters. The average molecular weight is 368 g/mol. The number of hydrogen-bond donors (Lipinski definition) is 1. The van der Waals surface area contributed by atoms with Crippen molar-refractivity contribution >= 4 is 9.73 Å². The molecule has 0 aromatic heterocycles. The fourth-order valence-corrected chi connectivity index (χ4v) is 3.96. The Balaban J connectivity index is 2.26. The fraction of sp³-hybridized carbons (Fsp3) is 0.273. The van der Waals surface area contributed by atoms with Crippen LogP contribution in [0.15, 0.2) is 81.4 Å². The molecule has 0 heterocycles. The highest BCUT2D eigenvalue weighted by atomic mass is 32.2. The molecule has 136 valence electrons. The van der Waals surface area contributed by atoms with Crippen molar-refractivity contribution in [2.75, 3.05) is 7.05 Å². The summed E-state index contributed by atoms with van der Waals surface area (Å²) in [7, 11) is -1.10. The average Bonchev–Trinajstić information content (AvgIpc) is 2.67. The summed E-state index contributed by atoms with van der Waals surface area (Å²) in [5, 5.41) is 12.1. The van der Waals surface area contributed by atoms with Gasteiger partial charge < -0.3 is 5.11 Å². The fourth-order valence-electron chi connectivity index (χ4n) is 2.52. The van der Waals surface area contributed by atoms with Crippen molar-refractivity contribution in [3.8, 4) is 11.8 Å². The third kappa shape index (κ3) is 5.32. The summed E-state index contributed by atoms with van der Waals surface area (Å²) in [6.07, 6.45) is 0.944. The van der Waals surface area contributed by atoms with Gasteiger partial charge in [-0.05, 0) is 30.2 Å². The van der Waals surface area contributed by atoms with Gasteiger partial charge in [0.2, 0.25) is 0 Å². The van der Waals surface area contributed by atoms with E-state index in [2.05, 4.69) is 16.2 Å². The van der Waals surface area contributed by atoms with Crippen LogP contribution in [-0.2, 0) is 9.73 Å². The Bertz CT molecular complexity index is 899. The van der Waals surface area contributed by atoms with Gasteiger partial charge in [-0.25, -0.2) is 8.57 Å². The normalized spacial score (nSPS) is 15.7. The van der Waals surface area contributed by atoms with E-state index in [1.165, 1.54) is 0 Å². The van der Waals surface area contributed by atoms with Crippen LogP contribution in [-0.4, -0.2) is 22.5 Å². The zero-order chi connectivity index (χ0) is 19.0. The maximum atomic E-state index is 13.1. The molecule has 2 aromatic carbocycles. The summed E-state index contributed by atoms with van der Waals surface area (Å²) in [4.78, 5) is 0.658. The van der Waals surface area contributed by atoms with Gasteiger partial charge in [0.15, 0.2) is 0 Å². The Labute approximate surface area is 157 Å². The van der Waals surface area contributed by atoms with Crippen LogP contribution in [0.4, 0.5) is 0 Å². The van der Waals surface area contributed by atoms with Crippen LogP contribution in [0.2, 0.25) is 0 Å². The first kappa shape index (κ1) is 20.0. The van der Waals surface area contributed by atoms with Gasteiger partial charge in [0, 0.05) is 23.9 Å². The zero-order valence-electron chi connectivity index (χ0n) is 15.4. The molecule has 4 heteroatoms. The Hall–Kier alpha value is -2.35. The van der Waals surface area contributed by atoms with E-state index >= 15 is 0 Å². The van der Waals surface area contributed by atoms with E-state index in [1.54, 1.807) is 30.7 Å². The van der Waals surface area contributed by atoms with Gasteiger partial charge >= 0.3 is 0 Å². The first-order chi connectivity index (χ1) is 12.5. The van der Waals surface area contributed by atoms with Crippen LogP contribution < -0.4 is 0 Å². The third-order valence-electron chi connectivity index (χ3n) is 4.11. The lowest BCUT2D eigenvalue weighted by Gasteiger charge is -2.19. The lowest BCUT2D eigenvalue weighted by molar-refractivity contribution is 0.159. The van der Waals surface area contributed by atoms with Gasteiger partial charge in [0.05, 0.1) is 14.6 Å². The summed E-state index contributed by atoms with van der Waals surface area (Å²) >= 11 is 0. The Kier molecular flexibility index (Phi) is 7.20. The summed E-state index contributed by atoms with van der Waals surface area (Å²) < 4.78 is 17.2. The summed E-state index contributed by atoms with van der Waals surface area (Å²) in [5.74, 6) is 5.80. The van der Waals surface area contributed by atoms with Crippen molar-refractivity contribution in [2.45, 2.75) is 24.8 Å². The molecule has 0 saturated carbocycles. The molecule has 0 amide bonds. The molecule has 2 aromatic rings. The molecule has 0 aliphatic rings. The molecule has 0 radical (unpaired) electrons. The van der Waals surface area contributed by atoms with Gasteiger partial charge in [-0.1, -0.05) is 68.2 Å². The quantitative estimate of drug-likeness (QED) is 0.799. The number of benzene rings is 2. The largest absolute Gasteiger partial charge is 0.380 e. The van der Waals surface area contributed by atoms with Crippen LogP contribution in [0.5, 0.6) is 0 Å². The second-order valence-electron chi connectivity index (χ2n) is 6.29. The van der Waals surface area contributed by atoms with E-state index in [1.807, 2.05) is 62.4 Å². The summed E-state index contributed by atoms with van der Waals surface area (Å²) in [6.45, 7) is 4.02. The molecule has 0 saturated heterocycles. The number of hydrogen-bond acceptors (Lipinski definition) is 3. The van der Waals surface area contributed by atoms with Crippen molar-refractivity contribution < 1.29 is 9.32 Å². The molecule has 0 fully saturated rings. The lowest BCUT2D eigenvalue weighted by Crippen LogP contribution is -2.22. The SMILES string of the molecule is CN=S(=O)(/C=C\[C@H](C(C)C)[C@@H](O)C#Cc1ccccc1)c1ccccc1. The summed E-state index contributed by atoms with van der Waals surface area (Å²) in [5.41, 5.74) is 0.856. The number of nitrogens with zero attached hydrogens (tertiary/aromatic N) is 1. The standard InChI is InChI=1S/C22H25NO2S/c1-18(2)21(22(24)15-14-19-10-6-4-7-11-19)16-17-26(25,23-3)20-12-8-5-9-13-20/h4-13,16-18,21-22,24H,1-3H3/b17-16-/t21-,22+,26?/m1/s1. The van der Waals surface area contributed by atoms with Crippen LogP contribution >= 0.6 is 0 Å². The molecule has 0 spiro atoms. The zero-order valence-corrected chi connectivity index (χ0v) is 16.2.